The second-order valence-electron chi connectivity index (χ2n) is 7.08. The molecule has 32 heavy (non-hydrogen) atoms. The molecule has 4 aromatic rings. The number of ether oxygens (including phenoxy) is 1. The second kappa shape index (κ2) is 8.54. The van der Waals surface area contributed by atoms with Crippen LogP contribution in [-0.2, 0) is 13.6 Å². The van der Waals surface area contributed by atoms with Crippen LogP contribution in [0.15, 0.2) is 42.7 Å². The van der Waals surface area contributed by atoms with Gasteiger partial charge >= 0.3 is 0 Å². The molecule has 0 fully saturated rings. The van der Waals surface area contributed by atoms with Crippen LogP contribution < -0.4 is 4.74 Å². The summed E-state index contributed by atoms with van der Waals surface area (Å²) in [5.41, 5.74) is 1.13. The van der Waals surface area contributed by atoms with E-state index in [1.807, 2.05) is 0 Å². The minimum atomic E-state index is -2.83. The van der Waals surface area contributed by atoms with Gasteiger partial charge in [0.2, 0.25) is 0 Å². The average molecular weight is 461 g/mol. The lowest BCUT2D eigenvalue weighted by Crippen LogP contribution is -2.27. The van der Waals surface area contributed by atoms with Crippen molar-refractivity contribution >= 4 is 23.2 Å². The number of carbonyl (C=O) groups is 1. The van der Waals surface area contributed by atoms with E-state index < -0.39 is 12.3 Å². The average Bonchev–Trinajstić information content (AvgIpc) is 3.36. The Bertz CT molecular complexity index is 1280. The molecule has 0 saturated heterocycles. The Kier molecular flexibility index (Phi) is 5.79. The summed E-state index contributed by atoms with van der Waals surface area (Å²) in [6.07, 6.45) is -0.104. The van der Waals surface area contributed by atoms with E-state index in [1.165, 1.54) is 30.5 Å². The maximum Gasteiger partial charge on any atom is 0.280 e. The first-order valence-corrected chi connectivity index (χ1v) is 9.91. The number of alkyl halides is 2. The number of methoxy groups -OCH3 is 1. The molecule has 1 aromatic carbocycles. The molecular weight excluding hydrogens is 442 g/mol. The van der Waals surface area contributed by atoms with Gasteiger partial charge in [0, 0.05) is 19.7 Å². The third-order valence-corrected chi connectivity index (χ3v) is 5.40. The van der Waals surface area contributed by atoms with Crippen molar-refractivity contribution in [2.24, 2.45) is 7.05 Å². The van der Waals surface area contributed by atoms with Gasteiger partial charge in [0.05, 0.1) is 42.5 Å². The van der Waals surface area contributed by atoms with Gasteiger partial charge in [-0.05, 0) is 18.2 Å². The van der Waals surface area contributed by atoms with Crippen LogP contribution in [0.4, 0.5) is 8.78 Å². The zero-order valence-electron chi connectivity index (χ0n) is 17.5. The van der Waals surface area contributed by atoms with E-state index in [9.17, 15) is 13.6 Å². The van der Waals surface area contributed by atoms with Crippen LogP contribution in [0.3, 0.4) is 0 Å². The molecule has 166 valence electrons. The normalized spacial score (nSPS) is 11.3. The van der Waals surface area contributed by atoms with E-state index in [-0.39, 0.29) is 29.1 Å². The molecule has 8 nitrogen and oxygen atoms in total. The lowest BCUT2D eigenvalue weighted by Gasteiger charge is -2.17. The van der Waals surface area contributed by atoms with Crippen LogP contribution in [0, 0.1) is 0 Å². The van der Waals surface area contributed by atoms with Gasteiger partial charge < -0.3 is 9.64 Å². The Balaban J connectivity index is 1.80. The summed E-state index contributed by atoms with van der Waals surface area (Å²) in [5, 5.41) is 8.48. The summed E-state index contributed by atoms with van der Waals surface area (Å²) in [6, 6.07) is 8.18. The summed E-state index contributed by atoms with van der Waals surface area (Å²) in [5.74, 6) is 0.0297. The molecule has 4 rings (SSSR count). The number of para-hydroxylation sites is 1. The Labute approximate surface area is 187 Å². The first kappa shape index (κ1) is 21.7. The number of nitrogens with zero attached hydrogens (tertiary/aromatic N) is 6. The number of carbonyl (C=O) groups excluding carboxylic acids is 1. The van der Waals surface area contributed by atoms with Crippen molar-refractivity contribution in [3.05, 3.63) is 64.7 Å². The van der Waals surface area contributed by atoms with Crippen LogP contribution in [-0.4, -0.2) is 49.3 Å². The number of amides is 1. The molecule has 0 aliphatic carbocycles. The maximum atomic E-state index is 13.8. The molecule has 0 radical (unpaired) electrons. The zero-order valence-corrected chi connectivity index (χ0v) is 18.2. The highest BCUT2D eigenvalue weighted by molar-refractivity contribution is 6.31. The molecule has 1 amide bonds. The lowest BCUT2D eigenvalue weighted by molar-refractivity contribution is 0.0783. The molecule has 0 atom stereocenters. The minimum absolute atomic E-state index is 0.0247. The van der Waals surface area contributed by atoms with E-state index >= 15 is 0 Å². The third kappa shape index (κ3) is 3.77. The molecular formula is C21H19ClF2N6O2. The van der Waals surface area contributed by atoms with Crippen molar-refractivity contribution in [1.29, 1.82) is 0 Å². The zero-order chi connectivity index (χ0) is 23.0. The highest BCUT2D eigenvalue weighted by Gasteiger charge is 2.25. The molecule has 0 aliphatic heterocycles. The van der Waals surface area contributed by atoms with Gasteiger partial charge in [-0.25, -0.2) is 18.3 Å². The fourth-order valence-corrected chi connectivity index (χ4v) is 3.63. The van der Waals surface area contributed by atoms with Crippen molar-refractivity contribution in [3.8, 4) is 17.0 Å². The first-order chi connectivity index (χ1) is 15.3. The molecule has 0 N–H and O–H groups in total. The number of fused-ring (bicyclic) bond motifs is 1. The summed E-state index contributed by atoms with van der Waals surface area (Å²) in [7, 11) is 4.77. The van der Waals surface area contributed by atoms with Crippen molar-refractivity contribution < 1.29 is 18.3 Å². The number of rotatable bonds is 6. The number of benzene rings is 1. The molecule has 3 aromatic heterocycles. The van der Waals surface area contributed by atoms with Gasteiger partial charge in [0.15, 0.2) is 5.65 Å². The summed E-state index contributed by atoms with van der Waals surface area (Å²) < 4.78 is 35.6. The lowest BCUT2D eigenvalue weighted by atomic mass is 10.1. The molecule has 0 saturated carbocycles. The highest BCUT2D eigenvalue weighted by atomic mass is 35.5. The minimum Gasteiger partial charge on any atom is -0.496 e. The Morgan fingerprint density at radius 3 is 2.66 bits per heavy atom. The Morgan fingerprint density at radius 2 is 2.00 bits per heavy atom. The molecule has 0 bridgehead atoms. The number of hydrogen-bond donors (Lipinski definition) is 0. The maximum absolute atomic E-state index is 13.8. The van der Waals surface area contributed by atoms with E-state index in [0.717, 1.165) is 4.52 Å². The number of halogens is 3. The fraction of sp³-hybridized carbons (Fsp3) is 0.238. The van der Waals surface area contributed by atoms with Crippen molar-refractivity contribution in [2.45, 2.75) is 13.0 Å². The van der Waals surface area contributed by atoms with Gasteiger partial charge in [-0.15, -0.1) is 0 Å². The number of hydrogen-bond acceptors (Lipinski definition) is 5. The van der Waals surface area contributed by atoms with Gasteiger partial charge in [-0.2, -0.15) is 10.2 Å². The van der Waals surface area contributed by atoms with E-state index in [4.69, 9.17) is 16.3 Å². The second-order valence-corrected chi connectivity index (χ2v) is 7.49. The molecule has 0 spiro atoms. The SMILES string of the molecule is COc1ccccc1-c1cc(C(F)F)n2ncc(C(=O)N(C)Cc3c(Cl)cnn3C)c2n1. The van der Waals surface area contributed by atoms with Crippen molar-refractivity contribution in [1.82, 2.24) is 29.3 Å². The van der Waals surface area contributed by atoms with Crippen molar-refractivity contribution in [3.63, 3.8) is 0 Å². The summed E-state index contributed by atoms with van der Waals surface area (Å²) >= 11 is 6.14. The quantitative estimate of drug-likeness (QED) is 0.434. The van der Waals surface area contributed by atoms with Crippen molar-refractivity contribution in [2.75, 3.05) is 14.2 Å². The van der Waals surface area contributed by atoms with Gasteiger partial charge in [-0.1, -0.05) is 23.7 Å². The molecule has 3 heterocycles. The van der Waals surface area contributed by atoms with Gasteiger partial charge in [-0.3, -0.25) is 9.48 Å². The van der Waals surface area contributed by atoms with E-state index in [0.29, 0.717) is 22.0 Å². The van der Waals surface area contributed by atoms with Crippen LogP contribution in [0.5, 0.6) is 5.75 Å². The van der Waals surface area contributed by atoms with Crippen LogP contribution in [0.25, 0.3) is 16.9 Å². The van der Waals surface area contributed by atoms with Crippen LogP contribution in [0.2, 0.25) is 5.02 Å². The Hall–Kier alpha value is -3.53. The first-order valence-electron chi connectivity index (χ1n) is 9.53. The van der Waals surface area contributed by atoms with Gasteiger partial charge in [0.25, 0.3) is 12.3 Å². The molecule has 11 heteroatoms. The summed E-state index contributed by atoms with van der Waals surface area (Å²) in [4.78, 5) is 19.1. The summed E-state index contributed by atoms with van der Waals surface area (Å²) in [6.45, 7) is 0.166. The van der Waals surface area contributed by atoms with Crippen LogP contribution in [0.1, 0.15) is 28.2 Å². The predicted octanol–water partition coefficient (Wildman–Crippen LogP) is 4.00. The standard InChI is InChI=1S/C21H19ClF2N6O2/c1-28(11-17-14(22)10-25-29(17)2)21(31)13-9-26-30-16(19(23)24)8-15(27-20(13)30)12-6-4-5-7-18(12)32-3/h4-10,19H,11H2,1-3H3. The third-order valence-electron chi connectivity index (χ3n) is 5.08. The van der Waals surface area contributed by atoms with E-state index in [2.05, 4.69) is 15.2 Å². The van der Waals surface area contributed by atoms with Crippen LogP contribution >= 0.6 is 11.6 Å². The smallest absolute Gasteiger partial charge is 0.280 e. The largest absolute Gasteiger partial charge is 0.496 e. The number of aromatic nitrogens is 5. The van der Waals surface area contributed by atoms with Gasteiger partial charge in [0.1, 0.15) is 17.0 Å². The molecule has 0 aliphatic rings. The highest BCUT2D eigenvalue weighted by Crippen LogP contribution is 2.32. The Morgan fingerprint density at radius 1 is 1.25 bits per heavy atom. The monoisotopic (exact) mass is 460 g/mol. The predicted molar refractivity (Wildman–Crippen MR) is 114 cm³/mol. The molecule has 0 unspecified atom stereocenters. The topological polar surface area (TPSA) is 77.5 Å². The fourth-order valence-electron chi connectivity index (χ4n) is 3.40. The van der Waals surface area contributed by atoms with E-state index in [1.54, 1.807) is 43.0 Å². The number of aryl methyl sites for hydroxylation is 1.